The van der Waals surface area contributed by atoms with Crippen LogP contribution in [0.4, 0.5) is 0 Å². The Balaban J connectivity index is 1.86. The van der Waals surface area contributed by atoms with Crippen LogP contribution in [0.1, 0.15) is 23.2 Å². The topological polar surface area (TPSA) is 25.8 Å². The second-order valence-corrected chi connectivity index (χ2v) is 6.61. The maximum Gasteiger partial charge on any atom is 0.188 e. The smallest absolute Gasteiger partial charge is 0.188 e. The molecular formula is C21H18N2S. The number of rotatable bonds is 3. The predicted octanol–water partition coefficient (Wildman–Crippen LogP) is 5.35. The Morgan fingerprint density at radius 3 is 2.21 bits per heavy atom. The van der Waals surface area contributed by atoms with Crippen molar-refractivity contribution in [3.8, 4) is 11.3 Å². The van der Waals surface area contributed by atoms with Gasteiger partial charge in [0.15, 0.2) is 5.16 Å². The summed E-state index contributed by atoms with van der Waals surface area (Å²) in [6, 6.07) is 20.9. The number of hydrogen-bond donors (Lipinski definition) is 0. The molecule has 0 radical (unpaired) electrons. The van der Waals surface area contributed by atoms with E-state index in [1.807, 2.05) is 18.4 Å². The van der Waals surface area contributed by atoms with Crippen molar-refractivity contribution in [1.29, 1.82) is 0 Å². The number of benzene rings is 2. The van der Waals surface area contributed by atoms with Gasteiger partial charge in [0.1, 0.15) is 0 Å². The van der Waals surface area contributed by atoms with Crippen molar-refractivity contribution in [2.24, 2.45) is 0 Å². The third-order valence-corrected chi connectivity index (χ3v) is 4.85. The van der Waals surface area contributed by atoms with Crippen LogP contribution in [-0.4, -0.2) is 16.2 Å². The van der Waals surface area contributed by atoms with E-state index in [0.717, 1.165) is 29.4 Å². The summed E-state index contributed by atoms with van der Waals surface area (Å²) < 4.78 is 0. The molecule has 0 N–H and O–H groups in total. The van der Waals surface area contributed by atoms with Crippen LogP contribution in [0.25, 0.3) is 22.9 Å². The number of thioether (sulfide) groups is 1. The lowest BCUT2D eigenvalue weighted by molar-refractivity contribution is 0.942. The molecule has 3 aromatic rings. The van der Waals surface area contributed by atoms with Gasteiger partial charge in [-0.05, 0) is 36.3 Å². The number of nitrogens with zero attached hydrogens (tertiary/aromatic N) is 2. The lowest BCUT2D eigenvalue weighted by atomic mass is 10.0. The first-order valence-corrected chi connectivity index (χ1v) is 9.34. The van der Waals surface area contributed by atoms with Gasteiger partial charge in [-0.3, -0.25) is 0 Å². The lowest BCUT2D eigenvalue weighted by Crippen LogP contribution is -1.99. The van der Waals surface area contributed by atoms with Crippen LogP contribution in [-0.2, 0) is 6.42 Å². The summed E-state index contributed by atoms with van der Waals surface area (Å²) in [4.78, 5) is 9.62. The summed E-state index contributed by atoms with van der Waals surface area (Å²) in [5.41, 5.74) is 7.20. The molecule has 1 aliphatic rings. The molecule has 0 fully saturated rings. The number of aromatic nitrogens is 2. The summed E-state index contributed by atoms with van der Waals surface area (Å²) in [7, 11) is 0. The molecule has 0 spiro atoms. The molecule has 0 atom stereocenters. The molecule has 0 saturated carbocycles. The van der Waals surface area contributed by atoms with Gasteiger partial charge in [-0.25, -0.2) is 9.97 Å². The molecule has 3 heteroatoms. The van der Waals surface area contributed by atoms with Crippen LogP contribution >= 0.6 is 11.8 Å². The SMILES string of the molecule is CSc1nc2c(c(-c3ccccc3)n1)CC/C2=C\c1ccccc1. The van der Waals surface area contributed by atoms with E-state index in [9.17, 15) is 0 Å². The Bertz CT molecular complexity index is 886. The fourth-order valence-electron chi connectivity index (χ4n) is 3.16. The van der Waals surface area contributed by atoms with E-state index >= 15 is 0 Å². The molecule has 1 heterocycles. The first-order chi connectivity index (χ1) is 11.8. The summed E-state index contributed by atoms with van der Waals surface area (Å²) in [5.74, 6) is 0. The van der Waals surface area contributed by atoms with E-state index < -0.39 is 0 Å². The predicted molar refractivity (Wildman–Crippen MR) is 102 cm³/mol. The maximum absolute atomic E-state index is 4.82. The highest BCUT2D eigenvalue weighted by Gasteiger charge is 2.24. The van der Waals surface area contributed by atoms with Crippen LogP contribution in [0.15, 0.2) is 65.8 Å². The van der Waals surface area contributed by atoms with Crippen molar-refractivity contribution >= 4 is 23.4 Å². The first-order valence-electron chi connectivity index (χ1n) is 8.11. The second kappa shape index (κ2) is 6.62. The van der Waals surface area contributed by atoms with E-state index in [1.165, 1.54) is 22.3 Å². The molecule has 1 aliphatic carbocycles. The zero-order valence-corrected chi connectivity index (χ0v) is 14.4. The van der Waals surface area contributed by atoms with E-state index in [1.54, 1.807) is 11.8 Å². The van der Waals surface area contributed by atoms with Crippen LogP contribution in [0, 0.1) is 0 Å². The van der Waals surface area contributed by atoms with Gasteiger partial charge in [0.05, 0.1) is 11.4 Å². The van der Waals surface area contributed by atoms with Gasteiger partial charge in [-0.1, -0.05) is 72.4 Å². The van der Waals surface area contributed by atoms with Gasteiger partial charge >= 0.3 is 0 Å². The fraction of sp³-hybridized carbons (Fsp3) is 0.143. The van der Waals surface area contributed by atoms with Gasteiger partial charge < -0.3 is 0 Å². The Morgan fingerprint density at radius 2 is 1.50 bits per heavy atom. The quantitative estimate of drug-likeness (QED) is 0.478. The largest absolute Gasteiger partial charge is 0.223 e. The Kier molecular flexibility index (Phi) is 4.18. The molecule has 4 rings (SSSR count). The van der Waals surface area contributed by atoms with Crippen molar-refractivity contribution in [1.82, 2.24) is 9.97 Å². The number of fused-ring (bicyclic) bond motifs is 1. The number of allylic oxidation sites excluding steroid dienone is 1. The van der Waals surface area contributed by atoms with Gasteiger partial charge in [0.25, 0.3) is 0 Å². The first kappa shape index (κ1) is 15.2. The third-order valence-electron chi connectivity index (χ3n) is 4.31. The highest BCUT2D eigenvalue weighted by molar-refractivity contribution is 7.98. The average molecular weight is 330 g/mol. The highest BCUT2D eigenvalue weighted by atomic mass is 32.2. The molecule has 2 aromatic carbocycles. The monoisotopic (exact) mass is 330 g/mol. The normalized spacial score (nSPS) is 14.8. The van der Waals surface area contributed by atoms with Crippen LogP contribution in [0.3, 0.4) is 0 Å². The van der Waals surface area contributed by atoms with Crippen LogP contribution < -0.4 is 0 Å². The van der Waals surface area contributed by atoms with Crippen molar-refractivity contribution in [3.63, 3.8) is 0 Å². The van der Waals surface area contributed by atoms with Crippen molar-refractivity contribution < 1.29 is 0 Å². The molecule has 0 saturated heterocycles. The zero-order chi connectivity index (χ0) is 16.4. The van der Waals surface area contributed by atoms with Crippen molar-refractivity contribution in [2.75, 3.05) is 6.26 Å². The Morgan fingerprint density at radius 1 is 0.833 bits per heavy atom. The van der Waals surface area contributed by atoms with Gasteiger partial charge in [-0.2, -0.15) is 0 Å². The molecule has 2 nitrogen and oxygen atoms in total. The molecular weight excluding hydrogens is 312 g/mol. The standard InChI is InChI=1S/C21H18N2S/c1-24-21-22-19(16-10-6-3-7-11-16)18-13-12-17(20(18)23-21)14-15-8-4-2-5-9-15/h2-11,14H,12-13H2,1H3/b17-14+. The zero-order valence-electron chi connectivity index (χ0n) is 13.6. The Hall–Kier alpha value is -2.39. The third kappa shape index (κ3) is 2.87. The second-order valence-electron chi connectivity index (χ2n) is 5.83. The molecule has 0 bridgehead atoms. The highest BCUT2D eigenvalue weighted by Crippen LogP contribution is 2.38. The molecule has 0 amide bonds. The molecule has 0 aliphatic heterocycles. The molecule has 118 valence electrons. The lowest BCUT2D eigenvalue weighted by Gasteiger charge is -2.09. The van der Waals surface area contributed by atoms with Crippen molar-refractivity contribution in [3.05, 3.63) is 77.5 Å². The maximum atomic E-state index is 4.82. The van der Waals surface area contributed by atoms with Gasteiger partial charge in [0, 0.05) is 11.1 Å². The summed E-state index contributed by atoms with van der Waals surface area (Å²) >= 11 is 1.60. The summed E-state index contributed by atoms with van der Waals surface area (Å²) in [5, 5.41) is 0.841. The van der Waals surface area contributed by atoms with Gasteiger partial charge in [0.2, 0.25) is 0 Å². The average Bonchev–Trinajstić information content (AvgIpc) is 3.05. The van der Waals surface area contributed by atoms with E-state index in [0.29, 0.717) is 0 Å². The molecule has 0 unspecified atom stereocenters. The van der Waals surface area contributed by atoms with Gasteiger partial charge in [-0.15, -0.1) is 0 Å². The fourth-order valence-corrected chi connectivity index (χ4v) is 3.53. The molecule has 1 aromatic heterocycles. The minimum absolute atomic E-state index is 0.841. The van der Waals surface area contributed by atoms with E-state index in [-0.39, 0.29) is 0 Å². The minimum atomic E-state index is 0.841. The number of hydrogen-bond acceptors (Lipinski definition) is 3. The molecule has 24 heavy (non-hydrogen) atoms. The van der Waals surface area contributed by atoms with Crippen LogP contribution in [0.2, 0.25) is 0 Å². The van der Waals surface area contributed by atoms with E-state index in [2.05, 4.69) is 54.6 Å². The summed E-state index contributed by atoms with van der Waals surface area (Å²) in [6.45, 7) is 0. The summed E-state index contributed by atoms with van der Waals surface area (Å²) in [6.07, 6.45) is 6.33. The Labute approximate surface area is 146 Å². The minimum Gasteiger partial charge on any atom is -0.223 e. The van der Waals surface area contributed by atoms with Crippen molar-refractivity contribution in [2.45, 2.75) is 18.0 Å². The van der Waals surface area contributed by atoms with E-state index in [4.69, 9.17) is 9.97 Å². The van der Waals surface area contributed by atoms with Crippen LogP contribution in [0.5, 0.6) is 0 Å².